The third-order valence-corrected chi connectivity index (χ3v) is 4.30. The number of ether oxygens (including phenoxy) is 1. The molecule has 2 atom stereocenters. The summed E-state index contributed by atoms with van der Waals surface area (Å²) in [5.74, 6) is -0.413. The number of amides is 1. The lowest BCUT2D eigenvalue weighted by Gasteiger charge is -2.22. The first kappa shape index (κ1) is 13.0. The fourth-order valence-electron chi connectivity index (χ4n) is 2.91. The van der Waals surface area contributed by atoms with E-state index in [1.54, 1.807) is 11.8 Å². The maximum atomic E-state index is 12.6. The van der Waals surface area contributed by atoms with Crippen LogP contribution in [0.2, 0.25) is 0 Å². The van der Waals surface area contributed by atoms with E-state index >= 15 is 0 Å². The molecule has 2 aliphatic heterocycles. The smallest absolute Gasteiger partial charge is 0.311 e. The molecule has 1 amide bonds. The second kappa shape index (κ2) is 4.51. The van der Waals surface area contributed by atoms with Crippen LogP contribution < -0.4 is 4.74 Å². The molecule has 0 saturated carbocycles. The minimum Gasteiger partial charge on any atom is -0.492 e. The van der Waals surface area contributed by atoms with Crippen LogP contribution in [0.1, 0.15) is 24.8 Å². The van der Waals surface area contributed by atoms with Gasteiger partial charge in [-0.25, -0.2) is 0 Å². The molecule has 0 radical (unpaired) electrons. The first-order valence-electron chi connectivity index (χ1n) is 6.75. The van der Waals surface area contributed by atoms with E-state index in [-0.39, 0.29) is 18.4 Å². The molecule has 3 rings (SSSR count). The standard InChI is InChI=1S/C15H17NO4/c1-15(14(18)19)6-7-16(9-15)13(17)11-8-20-12-5-3-2-4-10(11)12/h2-5,11H,6-9H2,1H3,(H,18,19). The molecule has 0 spiro atoms. The molecule has 0 aliphatic carbocycles. The van der Waals surface area contributed by atoms with Gasteiger partial charge in [0.25, 0.3) is 0 Å². The van der Waals surface area contributed by atoms with Crippen LogP contribution in [0.3, 0.4) is 0 Å². The largest absolute Gasteiger partial charge is 0.492 e. The number of nitrogens with zero attached hydrogens (tertiary/aromatic N) is 1. The van der Waals surface area contributed by atoms with Crippen molar-refractivity contribution < 1.29 is 19.4 Å². The quantitative estimate of drug-likeness (QED) is 0.888. The van der Waals surface area contributed by atoms with Crippen molar-refractivity contribution in [3.05, 3.63) is 29.8 Å². The highest BCUT2D eigenvalue weighted by Crippen LogP contribution is 2.37. The number of fused-ring (bicyclic) bond motifs is 1. The van der Waals surface area contributed by atoms with Crippen LogP contribution in [-0.4, -0.2) is 41.6 Å². The Bertz CT molecular complexity index is 571. The summed E-state index contributed by atoms with van der Waals surface area (Å²) in [6.07, 6.45) is 0.503. The second-order valence-corrected chi connectivity index (χ2v) is 5.78. The minimum absolute atomic E-state index is 0.0278. The normalized spacial score (nSPS) is 28.1. The molecule has 2 heterocycles. The third-order valence-electron chi connectivity index (χ3n) is 4.30. The topological polar surface area (TPSA) is 66.8 Å². The highest BCUT2D eigenvalue weighted by atomic mass is 16.5. The van der Waals surface area contributed by atoms with Gasteiger partial charge in [0.1, 0.15) is 18.3 Å². The molecule has 1 aromatic carbocycles. The van der Waals surface area contributed by atoms with Gasteiger partial charge in [0.05, 0.1) is 5.41 Å². The molecular weight excluding hydrogens is 258 g/mol. The van der Waals surface area contributed by atoms with Crippen molar-refractivity contribution in [1.82, 2.24) is 4.90 Å². The molecule has 2 aliphatic rings. The van der Waals surface area contributed by atoms with Crippen LogP contribution in [0.25, 0.3) is 0 Å². The third kappa shape index (κ3) is 1.94. The summed E-state index contributed by atoms with van der Waals surface area (Å²) in [5.41, 5.74) is 0.0793. The number of para-hydroxylation sites is 1. The monoisotopic (exact) mass is 275 g/mol. The van der Waals surface area contributed by atoms with Gasteiger partial charge in [-0.15, -0.1) is 0 Å². The Balaban J connectivity index is 1.77. The van der Waals surface area contributed by atoms with Crippen LogP contribution in [-0.2, 0) is 9.59 Å². The van der Waals surface area contributed by atoms with Crippen molar-refractivity contribution in [1.29, 1.82) is 0 Å². The van der Waals surface area contributed by atoms with Gasteiger partial charge in [-0.1, -0.05) is 18.2 Å². The lowest BCUT2D eigenvalue weighted by Crippen LogP contribution is -2.37. The highest BCUT2D eigenvalue weighted by Gasteiger charge is 2.44. The summed E-state index contributed by atoms with van der Waals surface area (Å²) in [6.45, 7) is 2.82. The first-order valence-corrected chi connectivity index (χ1v) is 6.75. The Morgan fingerprint density at radius 1 is 1.40 bits per heavy atom. The van der Waals surface area contributed by atoms with Crippen molar-refractivity contribution in [2.75, 3.05) is 19.7 Å². The molecule has 1 saturated heterocycles. The van der Waals surface area contributed by atoms with Gasteiger partial charge in [-0.05, 0) is 19.4 Å². The zero-order valence-electron chi connectivity index (χ0n) is 11.3. The Morgan fingerprint density at radius 3 is 2.85 bits per heavy atom. The van der Waals surface area contributed by atoms with E-state index in [2.05, 4.69) is 0 Å². The number of carbonyl (C=O) groups is 2. The first-order chi connectivity index (χ1) is 9.51. The lowest BCUT2D eigenvalue weighted by molar-refractivity contribution is -0.147. The molecule has 1 fully saturated rings. The van der Waals surface area contributed by atoms with E-state index < -0.39 is 11.4 Å². The van der Waals surface area contributed by atoms with Crippen LogP contribution in [0.4, 0.5) is 0 Å². The van der Waals surface area contributed by atoms with Crippen LogP contribution in [0.5, 0.6) is 5.75 Å². The van der Waals surface area contributed by atoms with Gasteiger partial charge in [-0.2, -0.15) is 0 Å². The Kier molecular flexibility index (Phi) is 2.92. The summed E-state index contributed by atoms with van der Waals surface area (Å²) >= 11 is 0. The number of carbonyl (C=O) groups excluding carboxylic acids is 1. The highest BCUT2D eigenvalue weighted by molar-refractivity contribution is 5.87. The number of rotatable bonds is 2. The molecule has 5 heteroatoms. The van der Waals surface area contributed by atoms with Crippen molar-refractivity contribution in [3.63, 3.8) is 0 Å². The Morgan fingerprint density at radius 2 is 2.15 bits per heavy atom. The van der Waals surface area contributed by atoms with Crippen LogP contribution in [0, 0.1) is 5.41 Å². The molecule has 1 aromatic rings. The van der Waals surface area contributed by atoms with Gasteiger partial charge in [0, 0.05) is 18.7 Å². The van der Waals surface area contributed by atoms with Crippen molar-refractivity contribution in [3.8, 4) is 5.75 Å². The van der Waals surface area contributed by atoms with Crippen LogP contribution in [0.15, 0.2) is 24.3 Å². The van der Waals surface area contributed by atoms with Gasteiger partial charge >= 0.3 is 5.97 Å². The molecule has 20 heavy (non-hydrogen) atoms. The van der Waals surface area contributed by atoms with E-state index in [0.29, 0.717) is 19.6 Å². The van der Waals surface area contributed by atoms with E-state index in [4.69, 9.17) is 4.74 Å². The molecule has 1 N–H and O–H groups in total. The van der Waals surface area contributed by atoms with Crippen molar-refractivity contribution in [2.24, 2.45) is 5.41 Å². The number of carboxylic acids is 1. The average Bonchev–Trinajstić information content (AvgIpc) is 3.03. The number of carboxylic acid groups (broad SMARTS) is 1. The zero-order valence-corrected chi connectivity index (χ0v) is 11.3. The number of hydrogen-bond donors (Lipinski definition) is 1. The van der Waals surface area contributed by atoms with Gasteiger partial charge in [0.2, 0.25) is 5.91 Å². The Labute approximate surface area is 117 Å². The fraction of sp³-hybridized carbons (Fsp3) is 0.467. The summed E-state index contributed by atoms with van der Waals surface area (Å²) in [6, 6.07) is 7.52. The SMILES string of the molecule is CC1(C(=O)O)CCN(C(=O)C2COc3ccccc32)C1. The average molecular weight is 275 g/mol. The predicted molar refractivity (Wildman–Crippen MR) is 71.6 cm³/mol. The maximum Gasteiger partial charge on any atom is 0.311 e. The van der Waals surface area contributed by atoms with Crippen LogP contribution >= 0.6 is 0 Å². The van der Waals surface area contributed by atoms with E-state index in [1.807, 2.05) is 24.3 Å². The summed E-state index contributed by atoms with van der Waals surface area (Å²) < 4.78 is 5.53. The van der Waals surface area contributed by atoms with E-state index in [0.717, 1.165) is 11.3 Å². The van der Waals surface area contributed by atoms with Crippen molar-refractivity contribution >= 4 is 11.9 Å². The number of benzene rings is 1. The van der Waals surface area contributed by atoms with Gasteiger partial charge in [-0.3, -0.25) is 9.59 Å². The summed E-state index contributed by atoms with van der Waals surface area (Å²) in [7, 11) is 0. The molecular formula is C15H17NO4. The minimum atomic E-state index is -0.837. The molecule has 2 unspecified atom stereocenters. The predicted octanol–water partition coefficient (Wildman–Crippen LogP) is 1.49. The second-order valence-electron chi connectivity index (χ2n) is 5.78. The molecule has 106 valence electrons. The van der Waals surface area contributed by atoms with E-state index in [1.165, 1.54) is 0 Å². The number of aliphatic carboxylic acids is 1. The zero-order chi connectivity index (χ0) is 14.3. The molecule has 0 bridgehead atoms. The van der Waals surface area contributed by atoms with Crippen molar-refractivity contribution in [2.45, 2.75) is 19.3 Å². The summed E-state index contributed by atoms with van der Waals surface area (Å²) in [4.78, 5) is 25.5. The molecule has 0 aromatic heterocycles. The van der Waals surface area contributed by atoms with E-state index in [9.17, 15) is 14.7 Å². The fourth-order valence-corrected chi connectivity index (χ4v) is 2.91. The van der Waals surface area contributed by atoms with Gasteiger partial charge < -0.3 is 14.7 Å². The van der Waals surface area contributed by atoms with Gasteiger partial charge in [0.15, 0.2) is 0 Å². The molecule has 5 nitrogen and oxygen atoms in total. The maximum absolute atomic E-state index is 12.6. The summed E-state index contributed by atoms with van der Waals surface area (Å²) in [5, 5.41) is 9.23. The Hall–Kier alpha value is -2.04. The number of likely N-dealkylation sites (tertiary alicyclic amines) is 1. The lowest BCUT2D eigenvalue weighted by atomic mass is 9.90. The number of hydrogen-bond acceptors (Lipinski definition) is 3.